The van der Waals surface area contributed by atoms with E-state index >= 15 is 0 Å². The minimum Gasteiger partial charge on any atom is -0.294 e. The van der Waals surface area contributed by atoms with Gasteiger partial charge in [-0.25, -0.2) is 0 Å². The van der Waals surface area contributed by atoms with Gasteiger partial charge in [0.05, 0.1) is 0 Å². The van der Waals surface area contributed by atoms with Crippen LogP contribution >= 0.6 is 31.9 Å². The van der Waals surface area contributed by atoms with Gasteiger partial charge in [-0.15, -0.1) is 0 Å². The third-order valence-corrected chi connectivity index (χ3v) is 2.56. The summed E-state index contributed by atoms with van der Waals surface area (Å²) in [6.07, 6.45) is 0.406. The Bertz CT molecular complexity index is 363. The predicted octanol–water partition coefficient (Wildman–Crippen LogP) is 4.36. The van der Waals surface area contributed by atoms with E-state index in [1.165, 1.54) is 0 Å². The number of hydrogen-bond donors (Lipinski definition) is 0. The molecule has 0 unspecified atom stereocenters. The standard InChI is InChI=1S/C11H10Br2O/c1-7(2)3-11(14)8-4-9(12)6-10(13)5-8/h4-6H,1,3H2,2H3. The number of carbonyl (C=O) groups excluding carboxylic acids is 1. The summed E-state index contributed by atoms with van der Waals surface area (Å²) in [5, 5.41) is 0. The Morgan fingerprint density at radius 2 is 1.79 bits per heavy atom. The smallest absolute Gasteiger partial charge is 0.166 e. The molecule has 0 aliphatic heterocycles. The summed E-state index contributed by atoms with van der Waals surface area (Å²) in [5.74, 6) is 0.0968. The number of ketones is 1. The predicted molar refractivity (Wildman–Crippen MR) is 65.6 cm³/mol. The minimum atomic E-state index is 0.0968. The maximum Gasteiger partial charge on any atom is 0.166 e. The lowest BCUT2D eigenvalue weighted by Crippen LogP contribution is -1.99. The Labute approximate surface area is 100 Å². The average molecular weight is 318 g/mol. The van der Waals surface area contributed by atoms with Crippen LogP contribution in [0.15, 0.2) is 39.3 Å². The van der Waals surface area contributed by atoms with Gasteiger partial charge in [0.25, 0.3) is 0 Å². The van der Waals surface area contributed by atoms with Crippen molar-refractivity contribution in [3.05, 3.63) is 44.9 Å². The molecule has 0 aliphatic rings. The lowest BCUT2D eigenvalue weighted by molar-refractivity contribution is 0.0993. The Morgan fingerprint density at radius 3 is 2.21 bits per heavy atom. The van der Waals surface area contributed by atoms with Crippen molar-refractivity contribution in [2.24, 2.45) is 0 Å². The first kappa shape index (κ1) is 11.7. The number of halogens is 2. The van der Waals surface area contributed by atoms with Crippen molar-refractivity contribution in [3.8, 4) is 0 Å². The Kier molecular flexibility index (Phi) is 4.08. The van der Waals surface area contributed by atoms with Gasteiger partial charge in [0.2, 0.25) is 0 Å². The van der Waals surface area contributed by atoms with Crippen LogP contribution in [-0.2, 0) is 0 Å². The summed E-state index contributed by atoms with van der Waals surface area (Å²) in [6.45, 7) is 5.57. The summed E-state index contributed by atoms with van der Waals surface area (Å²) in [7, 11) is 0. The van der Waals surface area contributed by atoms with E-state index in [2.05, 4.69) is 38.4 Å². The van der Waals surface area contributed by atoms with Crippen LogP contribution < -0.4 is 0 Å². The second-order valence-electron chi connectivity index (χ2n) is 3.22. The van der Waals surface area contributed by atoms with E-state index in [9.17, 15) is 4.79 Å². The molecule has 1 aromatic carbocycles. The number of Topliss-reactive ketones (excluding diaryl/α,β-unsaturated/α-hetero) is 1. The molecule has 0 aliphatic carbocycles. The van der Waals surface area contributed by atoms with E-state index < -0.39 is 0 Å². The molecule has 0 saturated carbocycles. The largest absolute Gasteiger partial charge is 0.294 e. The highest BCUT2D eigenvalue weighted by Crippen LogP contribution is 2.21. The monoisotopic (exact) mass is 316 g/mol. The molecule has 1 rings (SSSR count). The van der Waals surface area contributed by atoms with Crippen molar-refractivity contribution >= 4 is 37.6 Å². The van der Waals surface area contributed by atoms with Crippen molar-refractivity contribution in [1.29, 1.82) is 0 Å². The van der Waals surface area contributed by atoms with Crippen LogP contribution in [0.3, 0.4) is 0 Å². The molecule has 1 nitrogen and oxygen atoms in total. The fourth-order valence-electron chi connectivity index (χ4n) is 1.09. The molecule has 0 N–H and O–H groups in total. The summed E-state index contributed by atoms with van der Waals surface area (Å²) < 4.78 is 1.80. The van der Waals surface area contributed by atoms with Gasteiger partial charge in [0, 0.05) is 20.9 Å². The summed E-state index contributed by atoms with van der Waals surface area (Å²) in [5.41, 5.74) is 1.58. The zero-order valence-corrected chi connectivity index (χ0v) is 11.0. The molecule has 0 amide bonds. The van der Waals surface area contributed by atoms with Gasteiger partial charge >= 0.3 is 0 Å². The first-order valence-corrected chi connectivity index (χ1v) is 5.71. The van der Waals surface area contributed by atoms with E-state index in [0.717, 1.165) is 14.5 Å². The third kappa shape index (κ3) is 3.39. The summed E-state index contributed by atoms with van der Waals surface area (Å²) >= 11 is 6.69. The summed E-state index contributed by atoms with van der Waals surface area (Å²) in [4.78, 5) is 11.7. The Balaban J connectivity index is 2.95. The lowest BCUT2D eigenvalue weighted by atomic mass is 10.1. The molecule has 0 aromatic heterocycles. The number of benzene rings is 1. The van der Waals surface area contributed by atoms with Crippen LogP contribution in [0.5, 0.6) is 0 Å². The Morgan fingerprint density at radius 1 is 1.29 bits per heavy atom. The quantitative estimate of drug-likeness (QED) is 0.598. The van der Waals surface area contributed by atoms with E-state index in [0.29, 0.717) is 12.0 Å². The molecule has 0 bridgehead atoms. The molecule has 0 spiro atoms. The van der Waals surface area contributed by atoms with Crippen LogP contribution in [0.4, 0.5) is 0 Å². The molecule has 0 saturated heterocycles. The number of carbonyl (C=O) groups is 1. The SMILES string of the molecule is C=C(C)CC(=O)c1cc(Br)cc(Br)c1. The molecule has 1 aromatic rings. The van der Waals surface area contributed by atoms with Crippen LogP contribution in [-0.4, -0.2) is 5.78 Å². The molecular weight excluding hydrogens is 308 g/mol. The Hall–Kier alpha value is -0.410. The fraction of sp³-hybridized carbons (Fsp3) is 0.182. The fourth-order valence-corrected chi connectivity index (χ4v) is 2.38. The maximum atomic E-state index is 11.7. The molecule has 0 heterocycles. The van der Waals surface area contributed by atoms with Gasteiger partial charge in [0.15, 0.2) is 5.78 Å². The van der Waals surface area contributed by atoms with Crippen molar-refractivity contribution in [2.75, 3.05) is 0 Å². The highest BCUT2D eigenvalue weighted by Gasteiger charge is 2.07. The molecular formula is C11H10Br2O. The molecule has 0 radical (unpaired) electrons. The topological polar surface area (TPSA) is 17.1 Å². The van der Waals surface area contributed by atoms with E-state index in [1.807, 2.05) is 25.1 Å². The van der Waals surface area contributed by atoms with E-state index in [-0.39, 0.29) is 5.78 Å². The third-order valence-electron chi connectivity index (χ3n) is 1.65. The average Bonchev–Trinajstić information content (AvgIpc) is 2.00. The molecule has 3 heteroatoms. The first-order chi connectivity index (χ1) is 6.49. The first-order valence-electron chi connectivity index (χ1n) is 4.12. The van der Waals surface area contributed by atoms with Crippen molar-refractivity contribution in [2.45, 2.75) is 13.3 Å². The van der Waals surface area contributed by atoms with E-state index in [1.54, 1.807) is 0 Å². The van der Waals surface area contributed by atoms with Crippen molar-refractivity contribution in [3.63, 3.8) is 0 Å². The van der Waals surface area contributed by atoms with Gasteiger partial charge in [0.1, 0.15) is 0 Å². The molecule has 14 heavy (non-hydrogen) atoms. The van der Waals surface area contributed by atoms with Crippen LogP contribution in [0.1, 0.15) is 23.7 Å². The van der Waals surface area contributed by atoms with Gasteiger partial charge in [-0.1, -0.05) is 44.0 Å². The van der Waals surface area contributed by atoms with E-state index in [4.69, 9.17) is 0 Å². The number of allylic oxidation sites excluding steroid dienone is 1. The number of rotatable bonds is 3. The van der Waals surface area contributed by atoms with Gasteiger partial charge < -0.3 is 0 Å². The van der Waals surface area contributed by atoms with Gasteiger partial charge in [-0.3, -0.25) is 4.79 Å². The maximum absolute atomic E-state index is 11.7. The summed E-state index contributed by atoms with van der Waals surface area (Å²) in [6, 6.07) is 5.53. The molecule has 0 fully saturated rings. The van der Waals surface area contributed by atoms with Crippen LogP contribution in [0.25, 0.3) is 0 Å². The second kappa shape index (κ2) is 4.89. The number of hydrogen-bond acceptors (Lipinski definition) is 1. The highest BCUT2D eigenvalue weighted by molar-refractivity contribution is 9.11. The molecule has 0 atom stereocenters. The second-order valence-corrected chi connectivity index (χ2v) is 5.05. The minimum absolute atomic E-state index is 0.0968. The zero-order valence-electron chi connectivity index (χ0n) is 7.81. The van der Waals surface area contributed by atoms with Crippen molar-refractivity contribution < 1.29 is 4.79 Å². The molecule has 74 valence electrons. The highest BCUT2D eigenvalue weighted by atomic mass is 79.9. The van der Waals surface area contributed by atoms with Gasteiger partial charge in [-0.2, -0.15) is 0 Å². The van der Waals surface area contributed by atoms with Crippen LogP contribution in [0, 0.1) is 0 Å². The lowest BCUT2D eigenvalue weighted by Gasteiger charge is -2.02. The van der Waals surface area contributed by atoms with Crippen LogP contribution in [0.2, 0.25) is 0 Å². The van der Waals surface area contributed by atoms with Gasteiger partial charge in [-0.05, 0) is 25.1 Å². The normalized spacial score (nSPS) is 9.93. The van der Waals surface area contributed by atoms with Crippen molar-refractivity contribution in [1.82, 2.24) is 0 Å². The zero-order chi connectivity index (χ0) is 10.7.